The third kappa shape index (κ3) is 2.90. The summed E-state index contributed by atoms with van der Waals surface area (Å²) in [5, 5.41) is 8.54. The summed E-state index contributed by atoms with van der Waals surface area (Å²) >= 11 is 0. The minimum absolute atomic E-state index is 0.260. The summed E-state index contributed by atoms with van der Waals surface area (Å²) < 4.78 is 5.29. The SMILES string of the molecule is O=C(O)CCN1CC(N2CCOCC2)C1. The third-order valence-electron chi connectivity index (χ3n) is 3.14. The molecule has 2 rings (SSSR count). The quantitative estimate of drug-likeness (QED) is 0.682. The van der Waals surface area contributed by atoms with E-state index in [0.29, 0.717) is 12.6 Å². The molecule has 2 fully saturated rings. The Morgan fingerprint density at radius 3 is 2.60 bits per heavy atom. The molecule has 5 heteroatoms. The van der Waals surface area contributed by atoms with Crippen LogP contribution < -0.4 is 0 Å². The molecule has 0 bridgehead atoms. The van der Waals surface area contributed by atoms with Crippen LogP contribution in [-0.2, 0) is 9.53 Å². The van der Waals surface area contributed by atoms with E-state index in [9.17, 15) is 4.79 Å². The van der Waals surface area contributed by atoms with Crippen LogP contribution in [0.5, 0.6) is 0 Å². The zero-order valence-electron chi connectivity index (χ0n) is 8.89. The Hall–Kier alpha value is -0.650. The zero-order chi connectivity index (χ0) is 10.7. The summed E-state index contributed by atoms with van der Waals surface area (Å²) in [7, 11) is 0. The highest BCUT2D eigenvalue weighted by Gasteiger charge is 2.32. The van der Waals surface area contributed by atoms with Gasteiger partial charge in [-0.2, -0.15) is 0 Å². The van der Waals surface area contributed by atoms with Crippen molar-refractivity contribution in [3.8, 4) is 0 Å². The van der Waals surface area contributed by atoms with Crippen molar-refractivity contribution in [2.45, 2.75) is 12.5 Å². The number of hydrogen-bond donors (Lipinski definition) is 1. The molecule has 0 saturated carbocycles. The molecule has 1 N–H and O–H groups in total. The third-order valence-corrected chi connectivity index (χ3v) is 3.14. The van der Waals surface area contributed by atoms with Gasteiger partial charge in [-0.25, -0.2) is 0 Å². The lowest BCUT2D eigenvalue weighted by molar-refractivity contribution is -0.137. The summed E-state index contributed by atoms with van der Waals surface area (Å²) in [6.07, 6.45) is 0.260. The molecule has 0 aromatic rings. The van der Waals surface area contributed by atoms with E-state index in [4.69, 9.17) is 9.84 Å². The number of likely N-dealkylation sites (tertiary alicyclic amines) is 1. The Balaban J connectivity index is 1.62. The number of nitrogens with zero attached hydrogens (tertiary/aromatic N) is 2. The number of rotatable bonds is 4. The van der Waals surface area contributed by atoms with E-state index in [1.165, 1.54) is 0 Å². The molecule has 0 radical (unpaired) electrons. The molecule has 2 aliphatic heterocycles. The van der Waals surface area contributed by atoms with Crippen molar-refractivity contribution in [3.63, 3.8) is 0 Å². The van der Waals surface area contributed by atoms with Gasteiger partial charge in [0.25, 0.3) is 0 Å². The number of aliphatic carboxylic acids is 1. The van der Waals surface area contributed by atoms with Crippen molar-refractivity contribution < 1.29 is 14.6 Å². The lowest BCUT2D eigenvalue weighted by Gasteiger charge is -2.46. The lowest BCUT2D eigenvalue weighted by Crippen LogP contribution is -2.61. The molecule has 2 heterocycles. The molecule has 5 nitrogen and oxygen atoms in total. The molecule has 0 unspecified atom stereocenters. The second kappa shape index (κ2) is 4.92. The first kappa shape index (κ1) is 10.9. The minimum atomic E-state index is -0.704. The first-order valence-electron chi connectivity index (χ1n) is 5.51. The van der Waals surface area contributed by atoms with Gasteiger partial charge in [-0.15, -0.1) is 0 Å². The highest BCUT2D eigenvalue weighted by Crippen LogP contribution is 2.16. The predicted octanol–water partition coefficient (Wildman–Crippen LogP) is -0.522. The average molecular weight is 214 g/mol. The van der Waals surface area contributed by atoms with E-state index < -0.39 is 5.97 Å². The molecule has 0 amide bonds. The first-order chi connectivity index (χ1) is 7.25. The van der Waals surface area contributed by atoms with E-state index in [1.54, 1.807) is 0 Å². The Morgan fingerprint density at radius 2 is 2.00 bits per heavy atom. The summed E-state index contributed by atoms with van der Waals surface area (Å²) in [6, 6.07) is 0.627. The van der Waals surface area contributed by atoms with E-state index in [-0.39, 0.29) is 6.42 Å². The Labute approximate surface area is 89.6 Å². The van der Waals surface area contributed by atoms with E-state index in [1.807, 2.05) is 0 Å². The fourth-order valence-corrected chi connectivity index (χ4v) is 2.15. The van der Waals surface area contributed by atoms with Gasteiger partial charge in [-0.3, -0.25) is 14.6 Å². The number of carboxylic acid groups (broad SMARTS) is 1. The largest absolute Gasteiger partial charge is 0.481 e. The molecule has 2 aliphatic rings. The summed E-state index contributed by atoms with van der Waals surface area (Å²) in [6.45, 7) is 6.46. The van der Waals surface area contributed by atoms with Crippen molar-refractivity contribution in [2.75, 3.05) is 45.9 Å². The highest BCUT2D eigenvalue weighted by atomic mass is 16.5. The van der Waals surface area contributed by atoms with Gasteiger partial charge in [-0.1, -0.05) is 0 Å². The van der Waals surface area contributed by atoms with Crippen LogP contribution in [0, 0.1) is 0 Å². The van der Waals surface area contributed by atoms with Crippen LogP contribution in [0.25, 0.3) is 0 Å². The molecule has 0 aromatic heterocycles. The topological polar surface area (TPSA) is 53.0 Å². The van der Waals surface area contributed by atoms with E-state index in [2.05, 4.69) is 9.80 Å². The Morgan fingerprint density at radius 1 is 1.33 bits per heavy atom. The second-order valence-corrected chi connectivity index (χ2v) is 4.21. The van der Waals surface area contributed by atoms with Crippen LogP contribution in [0.2, 0.25) is 0 Å². The van der Waals surface area contributed by atoms with Crippen LogP contribution in [0.15, 0.2) is 0 Å². The van der Waals surface area contributed by atoms with Crippen molar-refractivity contribution in [1.82, 2.24) is 9.80 Å². The molecule has 0 spiro atoms. The van der Waals surface area contributed by atoms with Gasteiger partial charge >= 0.3 is 5.97 Å². The van der Waals surface area contributed by atoms with Crippen molar-refractivity contribution in [2.24, 2.45) is 0 Å². The normalized spacial score (nSPS) is 25.1. The van der Waals surface area contributed by atoms with E-state index in [0.717, 1.165) is 39.4 Å². The van der Waals surface area contributed by atoms with Crippen LogP contribution >= 0.6 is 0 Å². The molecular weight excluding hydrogens is 196 g/mol. The van der Waals surface area contributed by atoms with Crippen molar-refractivity contribution in [3.05, 3.63) is 0 Å². The van der Waals surface area contributed by atoms with Crippen LogP contribution in [-0.4, -0.2) is 72.9 Å². The summed E-state index contributed by atoms with van der Waals surface area (Å²) in [5.41, 5.74) is 0. The van der Waals surface area contributed by atoms with Gasteiger partial charge in [0.2, 0.25) is 0 Å². The maximum atomic E-state index is 10.4. The lowest BCUT2D eigenvalue weighted by atomic mass is 10.1. The molecule has 0 aliphatic carbocycles. The van der Waals surface area contributed by atoms with Gasteiger partial charge in [-0.05, 0) is 0 Å². The monoisotopic (exact) mass is 214 g/mol. The number of carboxylic acids is 1. The van der Waals surface area contributed by atoms with E-state index >= 15 is 0 Å². The molecular formula is C10H18N2O3. The van der Waals surface area contributed by atoms with Crippen molar-refractivity contribution in [1.29, 1.82) is 0 Å². The van der Waals surface area contributed by atoms with Gasteiger partial charge in [0.1, 0.15) is 0 Å². The van der Waals surface area contributed by atoms with Crippen LogP contribution in [0.1, 0.15) is 6.42 Å². The van der Waals surface area contributed by atoms with Gasteiger partial charge < -0.3 is 9.84 Å². The van der Waals surface area contributed by atoms with Crippen molar-refractivity contribution >= 4 is 5.97 Å². The van der Waals surface area contributed by atoms with Gasteiger partial charge in [0.15, 0.2) is 0 Å². The average Bonchev–Trinajstić information content (AvgIpc) is 2.16. The fraction of sp³-hybridized carbons (Fsp3) is 0.900. The molecule has 15 heavy (non-hydrogen) atoms. The van der Waals surface area contributed by atoms with Crippen LogP contribution in [0.3, 0.4) is 0 Å². The number of carbonyl (C=O) groups is 1. The molecule has 2 saturated heterocycles. The molecule has 0 atom stereocenters. The summed E-state index contributed by atoms with van der Waals surface area (Å²) in [4.78, 5) is 15.0. The predicted molar refractivity (Wildman–Crippen MR) is 54.9 cm³/mol. The second-order valence-electron chi connectivity index (χ2n) is 4.21. The molecule has 86 valence electrons. The maximum absolute atomic E-state index is 10.4. The standard InChI is InChI=1S/C10H18N2O3/c13-10(14)1-2-11-7-9(8-11)12-3-5-15-6-4-12/h9H,1-8H2,(H,13,14). The smallest absolute Gasteiger partial charge is 0.304 e. The number of ether oxygens (including phenoxy) is 1. The Bertz CT molecular complexity index is 223. The van der Waals surface area contributed by atoms with Gasteiger partial charge in [0, 0.05) is 38.8 Å². The highest BCUT2D eigenvalue weighted by molar-refractivity contribution is 5.66. The first-order valence-corrected chi connectivity index (χ1v) is 5.51. The molecule has 0 aromatic carbocycles. The zero-order valence-corrected chi connectivity index (χ0v) is 8.89. The minimum Gasteiger partial charge on any atom is -0.481 e. The maximum Gasteiger partial charge on any atom is 0.304 e. The number of hydrogen-bond acceptors (Lipinski definition) is 4. The fourth-order valence-electron chi connectivity index (χ4n) is 2.15. The number of morpholine rings is 1. The van der Waals surface area contributed by atoms with Gasteiger partial charge in [0.05, 0.1) is 19.6 Å². The Kier molecular flexibility index (Phi) is 3.56. The van der Waals surface area contributed by atoms with Crippen LogP contribution in [0.4, 0.5) is 0 Å². The summed E-state index contributed by atoms with van der Waals surface area (Å²) in [5.74, 6) is -0.704.